The molecule has 1 saturated carbocycles. The number of nitrogens with zero attached hydrogens (tertiary/aromatic N) is 1. The molecule has 2 aromatic rings. The summed E-state index contributed by atoms with van der Waals surface area (Å²) >= 11 is 6.31. The highest BCUT2D eigenvalue weighted by Gasteiger charge is 2.44. The molecule has 0 radical (unpaired) electrons. The van der Waals surface area contributed by atoms with Crippen molar-refractivity contribution in [2.24, 2.45) is 11.8 Å². The van der Waals surface area contributed by atoms with Crippen LogP contribution in [0.3, 0.4) is 0 Å². The van der Waals surface area contributed by atoms with Crippen LogP contribution in [-0.2, 0) is 11.8 Å². The normalized spacial score (nSPS) is 26.9. The van der Waals surface area contributed by atoms with Crippen molar-refractivity contribution in [2.45, 2.75) is 43.6 Å². The van der Waals surface area contributed by atoms with E-state index < -0.39 is 12.1 Å². The smallest absolute Gasteiger partial charge is 0.335 e. The maximum absolute atomic E-state index is 11.7. The minimum atomic E-state index is -0.946. The van der Waals surface area contributed by atoms with Gasteiger partial charge in [-0.2, -0.15) is 0 Å². The van der Waals surface area contributed by atoms with Gasteiger partial charge >= 0.3 is 5.97 Å². The molecule has 0 bridgehead atoms. The van der Waals surface area contributed by atoms with Crippen molar-refractivity contribution in [1.82, 2.24) is 0 Å². The Hall–Kier alpha value is -2.50. The summed E-state index contributed by atoms with van der Waals surface area (Å²) in [5.74, 6) is 0.282. The summed E-state index contributed by atoms with van der Waals surface area (Å²) in [5, 5.41) is 20.8. The number of aliphatic hydroxyl groups excluding tert-OH is 1. The van der Waals surface area contributed by atoms with Crippen molar-refractivity contribution >= 4 is 23.3 Å². The van der Waals surface area contributed by atoms with Crippen LogP contribution in [0.4, 0.5) is 5.69 Å². The fourth-order valence-corrected chi connectivity index (χ4v) is 6.17. The van der Waals surface area contributed by atoms with Crippen LogP contribution in [0.1, 0.15) is 47.2 Å². The lowest BCUT2D eigenvalue weighted by molar-refractivity contribution is 0.0460. The van der Waals surface area contributed by atoms with Crippen LogP contribution in [0.2, 0.25) is 5.02 Å². The van der Waals surface area contributed by atoms with Gasteiger partial charge in [-0.15, -0.1) is 6.58 Å². The third kappa shape index (κ3) is 4.02. The molecular weight excluding hydrogens is 438 g/mol. The van der Waals surface area contributed by atoms with Gasteiger partial charge in [0.15, 0.2) is 0 Å². The average Bonchev–Trinajstić information content (AvgIpc) is 2.93. The van der Waals surface area contributed by atoms with E-state index in [1.807, 2.05) is 6.07 Å². The molecule has 2 N–H and O–H groups in total. The maximum atomic E-state index is 11.7. The first-order chi connectivity index (χ1) is 15.9. The molecule has 33 heavy (non-hydrogen) atoms. The van der Waals surface area contributed by atoms with Gasteiger partial charge in [0.2, 0.25) is 0 Å². The lowest BCUT2D eigenvalue weighted by Gasteiger charge is -2.45. The molecule has 0 aromatic heterocycles. The molecule has 1 spiro atoms. The lowest BCUT2D eigenvalue weighted by atomic mass is 9.68. The van der Waals surface area contributed by atoms with E-state index in [9.17, 15) is 15.0 Å². The number of aliphatic hydroxyl groups is 1. The summed E-state index contributed by atoms with van der Waals surface area (Å²) in [6, 6.07) is 11.3. The Balaban J connectivity index is 1.55. The van der Waals surface area contributed by atoms with Crippen molar-refractivity contribution in [1.29, 1.82) is 0 Å². The molecule has 5 nitrogen and oxygen atoms in total. The topological polar surface area (TPSA) is 70.0 Å². The summed E-state index contributed by atoms with van der Waals surface area (Å²) in [4.78, 5) is 14.0. The number of halogens is 1. The summed E-state index contributed by atoms with van der Waals surface area (Å²) in [6.07, 6.45) is 6.20. The Labute approximate surface area is 199 Å². The number of carboxylic acid groups (broad SMARTS) is 1. The second-order valence-electron chi connectivity index (χ2n) is 9.82. The SMILES string of the molecule is C=CC(O)C1CCC1CN1CC2(CCCc3cc(Cl)ccc32)COc2ccc(C(=O)O)cc21. The second-order valence-corrected chi connectivity index (χ2v) is 10.3. The number of fused-ring (bicyclic) bond motifs is 3. The van der Waals surface area contributed by atoms with Crippen LogP contribution in [0.5, 0.6) is 5.75 Å². The standard InChI is InChI=1S/C27H30ClNO4/c1-2-24(30)21-8-5-19(21)14-29-15-27(11-3-4-17-12-20(28)7-9-22(17)27)16-33-25-10-6-18(26(31)32)13-23(25)29/h2,6-7,9-10,12-13,19,21,24,30H,1,3-5,8,11,14-16H2,(H,31,32). The molecule has 1 fully saturated rings. The third-order valence-corrected chi connectivity index (χ3v) is 8.13. The molecule has 0 amide bonds. The monoisotopic (exact) mass is 467 g/mol. The Morgan fingerprint density at radius 3 is 2.88 bits per heavy atom. The molecule has 4 atom stereocenters. The highest BCUT2D eigenvalue weighted by Crippen LogP contribution is 2.46. The Kier molecular flexibility index (Phi) is 5.87. The predicted molar refractivity (Wildman–Crippen MR) is 130 cm³/mol. The van der Waals surface area contributed by atoms with Crippen LogP contribution < -0.4 is 9.64 Å². The van der Waals surface area contributed by atoms with Crippen molar-refractivity contribution in [3.05, 3.63) is 70.8 Å². The first-order valence-electron chi connectivity index (χ1n) is 11.7. The quantitative estimate of drug-likeness (QED) is 0.600. The summed E-state index contributed by atoms with van der Waals surface area (Å²) in [7, 11) is 0. The highest BCUT2D eigenvalue weighted by molar-refractivity contribution is 6.30. The average molecular weight is 468 g/mol. The molecule has 3 aliphatic rings. The van der Waals surface area contributed by atoms with Crippen molar-refractivity contribution in [3.8, 4) is 5.75 Å². The Morgan fingerprint density at radius 2 is 2.15 bits per heavy atom. The minimum Gasteiger partial charge on any atom is -0.490 e. The van der Waals surface area contributed by atoms with Gasteiger partial charge in [-0.05, 0) is 85.4 Å². The predicted octanol–water partition coefficient (Wildman–Crippen LogP) is 5.08. The van der Waals surface area contributed by atoms with Crippen LogP contribution >= 0.6 is 11.6 Å². The number of aryl methyl sites for hydroxylation is 1. The summed E-state index contributed by atoms with van der Waals surface area (Å²) in [6.45, 7) is 5.80. The van der Waals surface area contributed by atoms with E-state index >= 15 is 0 Å². The molecule has 174 valence electrons. The molecule has 5 rings (SSSR count). The lowest BCUT2D eigenvalue weighted by Crippen LogP contribution is -2.49. The number of rotatable bonds is 5. The van der Waals surface area contributed by atoms with E-state index in [1.165, 1.54) is 11.1 Å². The van der Waals surface area contributed by atoms with Gasteiger partial charge in [-0.25, -0.2) is 4.79 Å². The summed E-state index contributed by atoms with van der Waals surface area (Å²) < 4.78 is 6.39. The zero-order valence-corrected chi connectivity index (χ0v) is 19.4. The Bertz CT molecular complexity index is 1090. The van der Waals surface area contributed by atoms with Crippen LogP contribution in [0.15, 0.2) is 49.1 Å². The number of anilines is 1. The zero-order valence-electron chi connectivity index (χ0n) is 18.7. The molecule has 1 aliphatic heterocycles. The fraction of sp³-hybridized carbons (Fsp3) is 0.444. The zero-order chi connectivity index (χ0) is 23.2. The van der Waals surface area contributed by atoms with E-state index in [2.05, 4.69) is 23.6 Å². The summed E-state index contributed by atoms with van der Waals surface area (Å²) in [5.41, 5.74) is 3.44. The Morgan fingerprint density at radius 1 is 1.30 bits per heavy atom. The van der Waals surface area contributed by atoms with Crippen LogP contribution in [0, 0.1) is 11.8 Å². The van der Waals surface area contributed by atoms with Crippen molar-refractivity contribution in [2.75, 3.05) is 24.6 Å². The van der Waals surface area contributed by atoms with Gasteiger partial charge in [-0.1, -0.05) is 23.7 Å². The van der Waals surface area contributed by atoms with Gasteiger partial charge in [0.05, 0.1) is 24.0 Å². The molecule has 2 aromatic carbocycles. The second kappa shape index (κ2) is 8.69. The first kappa shape index (κ1) is 22.3. The first-order valence-corrected chi connectivity index (χ1v) is 12.1. The van der Waals surface area contributed by atoms with Crippen molar-refractivity contribution in [3.63, 3.8) is 0 Å². The molecular formula is C27H30ClNO4. The van der Waals surface area contributed by atoms with Crippen molar-refractivity contribution < 1.29 is 19.7 Å². The number of carboxylic acids is 1. The van der Waals surface area contributed by atoms with Gasteiger partial charge < -0.3 is 19.8 Å². The van der Waals surface area contributed by atoms with Gasteiger partial charge in [0.25, 0.3) is 0 Å². The van der Waals surface area contributed by atoms with Gasteiger partial charge in [0.1, 0.15) is 5.75 Å². The number of hydrogen-bond acceptors (Lipinski definition) is 4. The van der Waals surface area contributed by atoms with Crippen LogP contribution in [-0.4, -0.2) is 42.0 Å². The van der Waals surface area contributed by atoms with Gasteiger partial charge in [0, 0.05) is 23.5 Å². The molecule has 1 heterocycles. The fourth-order valence-electron chi connectivity index (χ4n) is 5.98. The number of carbonyl (C=O) groups is 1. The molecule has 4 unspecified atom stereocenters. The minimum absolute atomic E-state index is 0.186. The van der Waals surface area contributed by atoms with E-state index in [0.29, 0.717) is 12.5 Å². The number of aromatic carboxylic acids is 1. The third-order valence-electron chi connectivity index (χ3n) is 7.90. The van der Waals surface area contributed by atoms with E-state index in [-0.39, 0.29) is 16.9 Å². The highest BCUT2D eigenvalue weighted by atomic mass is 35.5. The van der Waals surface area contributed by atoms with E-state index in [4.69, 9.17) is 16.3 Å². The molecule has 6 heteroatoms. The van der Waals surface area contributed by atoms with E-state index in [0.717, 1.165) is 61.7 Å². The number of hydrogen-bond donors (Lipinski definition) is 2. The van der Waals surface area contributed by atoms with Crippen LogP contribution in [0.25, 0.3) is 0 Å². The largest absolute Gasteiger partial charge is 0.490 e. The molecule has 2 aliphatic carbocycles. The van der Waals surface area contributed by atoms with E-state index in [1.54, 1.807) is 24.3 Å². The maximum Gasteiger partial charge on any atom is 0.335 e. The number of benzene rings is 2. The van der Waals surface area contributed by atoms with Gasteiger partial charge in [-0.3, -0.25) is 0 Å². The number of ether oxygens (including phenoxy) is 1. The molecule has 0 saturated heterocycles.